The Morgan fingerprint density at radius 3 is 2.56 bits per heavy atom. The van der Waals surface area contributed by atoms with Crippen molar-refractivity contribution in [3.8, 4) is 0 Å². The highest BCUT2D eigenvalue weighted by atomic mass is 32.2. The van der Waals surface area contributed by atoms with Crippen LogP contribution in [0.5, 0.6) is 0 Å². The third-order valence-electron chi connectivity index (χ3n) is 2.71. The van der Waals surface area contributed by atoms with Gasteiger partial charge < -0.3 is 4.84 Å². The molecule has 5 nitrogen and oxygen atoms in total. The minimum Gasteiger partial charge on any atom is -0.391 e. The first-order valence-electron chi connectivity index (χ1n) is 5.73. The molecule has 0 unspecified atom stereocenters. The van der Waals surface area contributed by atoms with Crippen molar-refractivity contribution in [3.63, 3.8) is 0 Å². The maximum atomic E-state index is 12.0. The number of benzene rings is 1. The van der Waals surface area contributed by atoms with Crippen LogP contribution in [0, 0.1) is 6.92 Å². The van der Waals surface area contributed by atoms with E-state index in [4.69, 9.17) is 4.84 Å². The quantitative estimate of drug-likeness (QED) is 0.898. The number of rotatable bonds is 4. The van der Waals surface area contributed by atoms with E-state index in [1.54, 1.807) is 24.3 Å². The predicted molar refractivity (Wildman–Crippen MR) is 69.0 cm³/mol. The van der Waals surface area contributed by atoms with Crippen molar-refractivity contribution in [3.05, 3.63) is 29.8 Å². The second-order valence-electron chi connectivity index (χ2n) is 4.42. The zero-order valence-electron chi connectivity index (χ0n) is 10.4. The number of oxime groups is 1. The van der Waals surface area contributed by atoms with Crippen molar-refractivity contribution < 1.29 is 13.3 Å². The third-order valence-corrected chi connectivity index (χ3v) is 4.15. The van der Waals surface area contributed by atoms with Crippen LogP contribution in [0.15, 0.2) is 34.3 Å². The molecule has 0 radical (unpaired) electrons. The van der Waals surface area contributed by atoms with Crippen LogP contribution < -0.4 is 4.72 Å². The molecule has 1 aliphatic heterocycles. The molecule has 0 aliphatic carbocycles. The first kappa shape index (κ1) is 13.0. The molecule has 1 aromatic carbocycles. The third kappa shape index (κ3) is 3.08. The molecule has 0 saturated heterocycles. The van der Waals surface area contributed by atoms with E-state index in [0.29, 0.717) is 6.42 Å². The Hall–Kier alpha value is -1.40. The highest BCUT2D eigenvalue weighted by Gasteiger charge is 2.21. The van der Waals surface area contributed by atoms with Crippen molar-refractivity contribution in [2.45, 2.75) is 31.3 Å². The lowest BCUT2D eigenvalue weighted by Crippen LogP contribution is -2.32. The second kappa shape index (κ2) is 5.07. The van der Waals surface area contributed by atoms with Crippen LogP contribution in [0.1, 0.15) is 18.9 Å². The van der Waals surface area contributed by atoms with Crippen LogP contribution >= 0.6 is 0 Å². The zero-order valence-corrected chi connectivity index (χ0v) is 11.2. The molecule has 1 heterocycles. The van der Waals surface area contributed by atoms with E-state index < -0.39 is 10.0 Å². The van der Waals surface area contributed by atoms with Crippen molar-refractivity contribution in [2.24, 2.45) is 5.16 Å². The Balaban J connectivity index is 1.98. The standard InChI is InChI=1S/C12H16N2O3S/c1-9-3-5-12(6-4-9)18(15,16)13-8-11-7-10(2)14-17-11/h3-6,11,13H,7-8H2,1-2H3/t11-/m0/s1. The molecule has 2 rings (SSSR count). The van der Waals surface area contributed by atoms with Gasteiger partial charge in [-0.05, 0) is 26.0 Å². The van der Waals surface area contributed by atoms with Gasteiger partial charge in [-0.3, -0.25) is 0 Å². The molecule has 98 valence electrons. The summed E-state index contributed by atoms with van der Waals surface area (Å²) < 4.78 is 26.5. The van der Waals surface area contributed by atoms with Crippen LogP contribution in [-0.2, 0) is 14.9 Å². The summed E-state index contributed by atoms with van der Waals surface area (Å²) in [5.74, 6) is 0. The minimum absolute atomic E-state index is 0.203. The molecule has 1 N–H and O–H groups in total. The lowest BCUT2D eigenvalue weighted by atomic mass is 10.2. The summed E-state index contributed by atoms with van der Waals surface area (Å²) in [6.45, 7) is 4.00. The number of nitrogens with one attached hydrogen (secondary N) is 1. The number of nitrogens with zero attached hydrogens (tertiary/aromatic N) is 1. The SMILES string of the molecule is CC1=NO[C@H](CNS(=O)(=O)c2ccc(C)cc2)C1. The summed E-state index contributed by atoms with van der Waals surface area (Å²) in [5, 5.41) is 3.78. The summed E-state index contributed by atoms with van der Waals surface area (Å²) in [6, 6.07) is 6.73. The van der Waals surface area contributed by atoms with Gasteiger partial charge in [0.05, 0.1) is 17.2 Å². The summed E-state index contributed by atoms with van der Waals surface area (Å²) >= 11 is 0. The number of sulfonamides is 1. The zero-order chi connectivity index (χ0) is 13.2. The van der Waals surface area contributed by atoms with Gasteiger partial charge in [0, 0.05) is 6.42 Å². The maximum Gasteiger partial charge on any atom is 0.240 e. The molecular weight excluding hydrogens is 252 g/mol. The van der Waals surface area contributed by atoms with Crippen molar-refractivity contribution in [2.75, 3.05) is 6.54 Å². The number of aryl methyl sites for hydroxylation is 1. The molecule has 6 heteroatoms. The average Bonchev–Trinajstić information content (AvgIpc) is 2.73. The topological polar surface area (TPSA) is 67.8 Å². The van der Waals surface area contributed by atoms with Gasteiger partial charge >= 0.3 is 0 Å². The van der Waals surface area contributed by atoms with Crippen molar-refractivity contribution in [1.82, 2.24) is 4.72 Å². The Labute approximate surface area is 107 Å². The van der Waals surface area contributed by atoms with Gasteiger partial charge in [-0.2, -0.15) is 0 Å². The number of hydrogen-bond acceptors (Lipinski definition) is 4. The Morgan fingerprint density at radius 2 is 2.00 bits per heavy atom. The van der Waals surface area contributed by atoms with Crippen LogP contribution in [0.3, 0.4) is 0 Å². The van der Waals surface area contributed by atoms with Crippen LogP contribution in [-0.4, -0.2) is 26.8 Å². The fourth-order valence-corrected chi connectivity index (χ4v) is 2.75. The van der Waals surface area contributed by atoms with E-state index in [2.05, 4.69) is 9.88 Å². The largest absolute Gasteiger partial charge is 0.391 e. The first-order chi connectivity index (χ1) is 8.47. The molecule has 0 bridgehead atoms. The summed E-state index contributed by atoms with van der Waals surface area (Å²) in [4.78, 5) is 5.34. The smallest absolute Gasteiger partial charge is 0.240 e. The normalized spacial score (nSPS) is 19.4. The van der Waals surface area contributed by atoms with Gasteiger partial charge in [0.2, 0.25) is 10.0 Å². The van der Waals surface area contributed by atoms with E-state index in [-0.39, 0.29) is 17.5 Å². The van der Waals surface area contributed by atoms with Crippen LogP contribution in [0.4, 0.5) is 0 Å². The van der Waals surface area contributed by atoms with E-state index in [0.717, 1.165) is 11.3 Å². The van der Waals surface area contributed by atoms with Gasteiger partial charge in [-0.15, -0.1) is 0 Å². The fraction of sp³-hybridized carbons (Fsp3) is 0.417. The molecule has 0 aromatic heterocycles. The van der Waals surface area contributed by atoms with Gasteiger partial charge in [0.1, 0.15) is 6.10 Å². The molecule has 18 heavy (non-hydrogen) atoms. The highest BCUT2D eigenvalue weighted by molar-refractivity contribution is 7.89. The van der Waals surface area contributed by atoms with E-state index >= 15 is 0 Å². The van der Waals surface area contributed by atoms with Crippen LogP contribution in [0.25, 0.3) is 0 Å². The summed E-state index contributed by atoms with van der Waals surface area (Å²) in [5.41, 5.74) is 1.91. The first-order valence-corrected chi connectivity index (χ1v) is 7.21. The summed E-state index contributed by atoms with van der Waals surface area (Å²) in [7, 11) is -3.46. The lowest BCUT2D eigenvalue weighted by molar-refractivity contribution is 0.0891. The lowest BCUT2D eigenvalue weighted by Gasteiger charge is -2.10. The Morgan fingerprint density at radius 1 is 1.33 bits per heavy atom. The summed E-state index contributed by atoms with van der Waals surface area (Å²) in [6.07, 6.45) is 0.460. The Bertz CT molecular complexity index is 549. The van der Waals surface area contributed by atoms with E-state index in [9.17, 15) is 8.42 Å². The maximum absolute atomic E-state index is 12.0. The molecule has 0 fully saturated rings. The van der Waals surface area contributed by atoms with E-state index in [1.807, 2.05) is 13.8 Å². The Kier molecular flexibility index (Phi) is 3.68. The minimum atomic E-state index is -3.46. The molecule has 1 aliphatic rings. The highest BCUT2D eigenvalue weighted by Crippen LogP contribution is 2.12. The monoisotopic (exact) mass is 268 g/mol. The predicted octanol–water partition coefficient (Wildman–Crippen LogP) is 1.44. The molecule has 1 aromatic rings. The van der Waals surface area contributed by atoms with Crippen molar-refractivity contribution >= 4 is 15.7 Å². The molecule has 1 atom stereocenters. The molecule has 0 amide bonds. The number of hydrogen-bond donors (Lipinski definition) is 1. The van der Waals surface area contributed by atoms with Gasteiger partial charge in [0.25, 0.3) is 0 Å². The van der Waals surface area contributed by atoms with Crippen LogP contribution in [0.2, 0.25) is 0 Å². The molecule has 0 saturated carbocycles. The molecule has 0 spiro atoms. The van der Waals surface area contributed by atoms with Crippen molar-refractivity contribution in [1.29, 1.82) is 0 Å². The fourth-order valence-electron chi connectivity index (χ4n) is 1.68. The van der Waals surface area contributed by atoms with Gasteiger partial charge in [-0.25, -0.2) is 13.1 Å². The molecular formula is C12H16N2O3S. The van der Waals surface area contributed by atoms with E-state index in [1.165, 1.54) is 0 Å². The second-order valence-corrected chi connectivity index (χ2v) is 6.19. The van der Waals surface area contributed by atoms with Gasteiger partial charge in [0.15, 0.2) is 0 Å². The van der Waals surface area contributed by atoms with Gasteiger partial charge in [-0.1, -0.05) is 22.9 Å². The average molecular weight is 268 g/mol.